The van der Waals surface area contributed by atoms with E-state index in [0.717, 1.165) is 72.8 Å². The minimum atomic E-state index is 0.447. The number of pyridine rings is 2. The third-order valence-electron chi connectivity index (χ3n) is 7.69. The topological polar surface area (TPSA) is 126 Å². The number of nitrogens with zero attached hydrogens (tertiary/aromatic N) is 8. The highest BCUT2D eigenvalue weighted by molar-refractivity contribution is 5.83. The second-order valence-electron chi connectivity index (χ2n) is 10.1. The van der Waals surface area contributed by atoms with Crippen molar-refractivity contribution in [2.75, 3.05) is 25.9 Å². The molecule has 1 fully saturated rings. The lowest BCUT2D eigenvalue weighted by molar-refractivity contribution is 0.276. The van der Waals surface area contributed by atoms with E-state index < -0.39 is 0 Å². The van der Waals surface area contributed by atoms with Gasteiger partial charge in [-0.2, -0.15) is 10.4 Å². The summed E-state index contributed by atoms with van der Waals surface area (Å²) in [6.07, 6.45) is 13.1. The molecule has 0 radical (unpaired) electrons. The third-order valence-corrected chi connectivity index (χ3v) is 7.69. The highest BCUT2D eigenvalue weighted by Gasteiger charge is 2.20. The Morgan fingerprint density at radius 1 is 1.00 bits per heavy atom. The number of aryl methyl sites for hydroxylation is 2. The second kappa shape index (κ2) is 11.2. The summed E-state index contributed by atoms with van der Waals surface area (Å²) in [4.78, 5) is 15.9. The predicted molar refractivity (Wildman–Crippen MR) is 155 cm³/mol. The molecule has 7 rings (SSSR count). The van der Waals surface area contributed by atoms with Gasteiger partial charge in [-0.05, 0) is 92.7 Å². The molecule has 1 aliphatic carbocycles. The van der Waals surface area contributed by atoms with Crippen LogP contribution < -0.4 is 11.1 Å². The first kappa shape index (κ1) is 25.5. The molecule has 1 saturated heterocycles. The fraction of sp³-hybridized carbons (Fsp3) is 0.300. The molecule has 0 bridgehead atoms. The van der Waals surface area contributed by atoms with Crippen LogP contribution in [0.2, 0.25) is 0 Å². The molecular formula is C30H32N10. The van der Waals surface area contributed by atoms with Crippen LogP contribution in [0, 0.1) is 11.5 Å². The lowest BCUT2D eigenvalue weighted by Gasteiger charge is -2.27. The van der Waals surface area contributed by atoms with E-state index >= 15 is 0 Å². The first-order valence-electron chi connectivity index (χ1n) is 13.7. The summed E-state index contributed by atoms with van der Waals surface area (Å²) in [5, 5.41) is 16.0. The molecule has 1 aromatic carbocycles. The summed E-state index contributed by atoms with van der Waals surface area (Å²) >= 11 is 0. The molecule has 5 heterocycles. The van der Waals surface area contributed by atoms with E-state index in [4.69, 9.17) is 21.0 Å². The Kier molecular flexibility index (Phi) is 7.12. The number of aromatic nitrogens is 6. The zero-order chi connectivity index (χ0) is 27.5. The minimum Gasteiger partial charge on any atom is -0.383 e. The van der Waals surface area contributed by atoms with Gasteiger partial charge in [0.2, 0.25) is 0 Å². The van der Waals surface area contributed by atoms with Crippen molar-refractivity contribution in [2.24, 2.45) is 0 Å². The minimum absolute atomic E-state index is 0.447. The van der Waals surface area contributed by atoms with E-state index in [-0.39, 0.29) is 0 Å². The van der Waals surface area contributed by atoms with Crippen LogP contribution >= 0.6 is 0 Å². The Labute approximate surface area is 233 Å². The zero-order valence-electron chi connectivity index (χ0n) is 22.5. The van der Waals surface area contributed by atoms with Crippen molar-refractivity contribution in [1.82, 2.24) is 39.5 Å². The van der Waals surface area contributed by atoms with Crippen molar-refractivity contribution in [2.45, 2.75) is 38.1 Å². The summed E-state index contributed by atoms with van der Waals surface area (Å²) < 4.78 is 3.83. The highest BCUT2D eigenvalue weighted by atomic mass is 15.3. The van der Waals surface area contributed by atoms with Gasteiger partial charge >= 0.3 is 0 Å². The number of nitrogens with one attached hydrogen (secondary N) is 1. The first-order valence-corrected chi connectivity index (χ1v) is 13.7. The number of nitriles is 1. The molecule has 0 saturated carbocycles. The Hall–Kier alpha value is -4.75. The van der Waals surface area contributed by atoms with Crippen LogP contribution in [0.25, 0.3) is 34.1 Å². The largest absolute Gasteiger partial charge is 0.383 e. The summed E-state index contributed by atoms with van der Waals surface area (Å²) in [7, 11) is 1.98. The first-order chi connectivity index (χ1) is 19.6. The van der Waals surface area contributed by atoms with Gasteiger partial charge in [-0.1, -0.05) is 6.07 Å². The smallest absolute Gasteiger partial charge is 0.179 e. The van der Waals surface area contributed by atoms with E-state index in [1.54, 1.807) is 17.1 Å². The molecule has 3 N–H and O–H groups in total. The molecule has 5 aromatic rings. The average Bonchev–Trinajstić information content (AvgIpc) is 3.77. The van der Waals surface area contributed by atoms with E-state index in [2.05, 4.69) is 44.4 Å². The maximum atomic E-state index is 8.51. The van der Waals surface area contributed by atoms with Crippen LogP contribution in [0.1, 0.15) is 30.4 Å². The Bertz CT molecular complexity index is 1660. The lowest BCUT2D eigenvalue weighted by atomic mass is 10.1. The maximum Gasteiger partial charge on any atom is 0.179 e. The van der Waals surface area contributed by atoms with Gasteiger partial charge in [-0.3, -0.25) is 4.57 Å². The van der Waals surface area contributed by atoms with Gasteiger partial charge in [0.25, 0.3) is 0 Å². The van der Waals surface area contributed by atoms with Gasteiger partial charge < -0.3 is 16.0 Å². The lowest BCUT2D eigenvalue weighted by Crippen LogP contribution is -2.38. The van der Waals surface area contributed by atoms with Crippen LogP contribution in [0.4, 0.5) is 5.82 Å². The number of piperidine rings is 1. The third kappa shape index (κ3) is 4.99. The molecule has 0 atom stereocenters. The number of nitrogens with two attached hydrogens (primary N) is 1. The van der Waals surface area contributed by atoms with E-state index in [1.807, 2.05) is 48.5 Å². The summed E-state index contributed by atoms with van der Waals surface area (Å²) in [5.41, 5.74) is 12.4. The van der Waals surface area contributed by atoms with Gasteiger partial charge in [0, 0.05) is 43.4 Å². The molecule has 0 spiro atoms. The van der Waals surface area contributed by atoms with Crippen molar-refractivity contribution in [3.63, 3.8) is 0 Å². The molecule has 1 aliphatic heterocycles. The van der Waals surface area contributed by atoms with Crippen molar-refractivity contribution >= 4 is 17.0 Å². The average molecular weight is 533 g/mol. The van der Waals surface area contributed by atoms with Crippen LogP contribution in [-0.2, 0) is 12.8 Å². The van der Waals surface area contributed by atoms with Gasteiger partial charge in [-0.25, -0.2) is 19.6 Å². The number of likely N-dealkylation sites (tertiary alicyclic amines) is 1. The van der Waals surface area contributed by atoms with E-state index in [0.29, 0.717) is 11.9 Å². The molecular weight excluding hydrogens is 500 g/mol. The van der Waals surface area contributed by atoms with Gasteiger partial charge in [0.05, 0.1) is 5.56 Å². The fourth-order valence-electron chi connectivity index (χ4n) is 5.48. The molecule has 10 nitrogen and oxygen atoms in total. The maximum absolute atomic E-state index is 8.51. The van der Waals surface area contributed by atoms with Crippen LogP contribution in [-0.4, -0.2) is 60.4 Å². The fourth-order valence-corrected chi connectivity index (χ4v) is 5.48. The molecule has 0 amide bonds. The molecule has 0 unspecified atom stereocenters. The summed E-state index contributed by atoms with van der Waals surface area (Å²) in [5.74, 6) is 1.92. The predicted octanol–water partition coefficient (Wildman–Crippen LogP) is 3.89. The Balaban J connectivity index is 0.000000246. The van der Waals surface area contributed by atoms with E-state index in [9.17, 15) is 0 Å². The van der Waals surface area contributed by atoms with Crippen LogP contribution in [0.3, 0.4) is 0 Å². The number of hydrogen-bond donors (Lipinski definition) is 2. The molecule has 2 aliphatic rings. The van der Waals surface area contributed by atoms with Crippen molar-refractivity contribution < 1.29 is 0 Å². The molecule has 10 heteroatoms. The van der Waals surface area contributed by atoms with Gasteiger partial charge in [0.1, 0.15) is 11.3 Å². The normalized spacial score (nSPS) is 14.9. The molecule has 202 valence electrons. The monoisotopic (exact) mass is 532 g/mol. The van der Waals surface area contributed by atoms with Crippen molar-refractivity contribution in [3.05, 3.63) is 78.2 Å². The number of nitrogen functional groups attached to an aromatic ring is 1. The second-order valence-corrected chi connectivity index (χ2v) is 10.1. The van der Waals surface area contributed by atoms with Crippen LogP contribution in [0.15, 0.2) is 67.1 Å². The Morgan fingerprint density at radius 2 is 1.85 bits per heavy atom. The van der Waals surface area contributed by atoms with Gasteiger partial charge in [-0.15, -0.1) is 0 Å². The van der Waals surface area contributed by atoms with Crippen molar-refractivity contribution in [3.8, 4) is 29.1 Å². The van der Waals surface area contributed by atoms with Gasteiger partial charge in [0.15, 0.2) is 23.5 Å². The summed E-state index contributed by atoms with van der Waals surface area (Å²) in [6.45, 7) is 1.84. The number of fused-ring (bicyclic) bond motifs is 2. The Morgan fingerprint density at radius 3 is 2.60 bits per heavy atom. The summed E-state index contributed by atoms with van der Waals surface area (Å²) in [6, 6.07) is 16.8. The number of imidazole rings is 1. The number of anilines is 1. The zero-order valence-corrected chi connectivity index (χ0v) is 22.5. The highest BCUT2D eigenvalue weighted by Crippen LogP contribution is 2.32. The number of benzene rings is 1. The standard InChI is InChI=1S/C23H19N7.C7H13N3/c24-21-18(6-2-11-25-21)22-27-19-9-10-20(29-13-3-12-26-29)28-23(19)30(22)17-8-7-15-4-1-5-16(15)14-17;1-9-7-2-4-10(6-8)5-3-7/h2-3,6-14H,1,4-5H2,(H2,24,25);7,9H,2-5H2,1H3. The van der Waals surface area contributed by atoms with Crippen LogP contribution in [0.5, 0.6) is 0 Å². The number of hydrogen-bond acceptors (Lipinski definition) is 8. The SMILES string of the molecule is CNC1CCN(C#N)CC1.Nc1ncccc1-c1nc2ccc(-n3cccn3)nc2n1-c1ccc2c(c1)CCC2. The molecule has 40 heavy (non-hydrogen) atoms. The molecule has 4 aromatic heterocycles. The van der Waals surface area contributed by atoms with Crippen molar-refractivity contribution in [1.29, 1.82) is 5.26 Å². The quantitative estimate of drug-likeness (QED) is 0.334. The number of rotatable bonds is 4. The van der Waals surface area contributed by atoms with E-state index in [1.165, 1.54) is 17.5 Å².